The van der Waals surface area contributed by atoms with E-state index in [4.69, 9.17) is 14.5 Å². The SMILES string of the molecule is CC(C)(C)OC(=O)N1CCC(c2nc(-c3ccc4c(C#N)ncn4c3)no2)CC1. The maximum Gasteiger partial charge on any atom is 0.410 e. The van der Waals surface area contributed by atoms with Gasteiger partial charge in [-0.2, -0.15) is 10.2 Å². The lowest BCUT2D eigenvalue weighted by molar-refractivity contribution is 0.0198. The van der Waals surface area contributed by atoms with E-state index in [1.54, 1.807) is 15.6 Å². The highest BCUT2D eigenvalue weighted by molar-refractivity contribution is 5.68. The van der Waals surface area contributed by atoms with Crippen LogP contribution in [0.25, 0.3) is 16.9 Å². The molecule has 0 N–H and O–H groups in total. The highest BCUT2D eigenvalue weighted by Crippen LogP contribution is 2.29. The van der Waals surface area contributed by atoms with Crippen molar-refractivity contribution >= 4 is 11.6 Å². The van der Waals surface area contributed by atoms with Crippen molar-refractivity contribution < 1.29 is 14.1 Å². The molecule has 4 rings (SSSR count). The van der Waals surface area contributed by atoms with Crippen LogP contribution in [-0.2, 0) is 4.74 Å². The van der Waals surface area contributed by atoms with Gasteiger partial charge in [-0.15, -0.1) is 0 Å². The monoisotopic (exact) mass is 394 g/mol. The molecule has 0 spiro atoms. The van der Waals surface area contributed by atoms with Crippen LogP contribution >= 0.6 is 0 Å². The van der Waals surface area contributed by atoms with Gasteiger partial charge in [-0.25, -0.2) is 9.78 Å². The Kier molecular flexibility index (Phi) is 4.70. The number of nitriles is 1. The number of hydrogen-bond acceptors (Lipinski definition) is 7. The molecule has 150 valence electrons. The minimum absolute atomic E-state index is 0.108. The zero-order chi connectivity index (χ0) is 20.6. The van der Waals surface area contributed by atoms with Crippen molar-refractivity contribution in [3.05, 3.63) is 36.2 Å². The van der Waals surface area contributed by atoms with Crippen LogP contribution < -0.4 is 0 Å². The Morgan fingerprint density at radius 3 is 2.76 bits per heavy atom. The fourth-order valence-electron chi connectivity index (χ4n) is 3.37. The van der Waals surface area contributed by atoms with E-state index < -0.39 is 5.60 Å². The number of pyridine rings is 1. The van der Waals surface area contributed by atoms with Gasteiger partial charge in [0.05, 0.1) is 5.52 Å². The molecule has 0 saturated carbocycles. The van der Waals surface area contributed by atoms with Crippen molar-refractivity contribution in [2.45, 2.75) is 45.1 Å². The number of amides is 1. The molecule has 1 amide bonds. The average Bonchev–Trinajstić information content (AvgIpc) is 3.33. The summed E-state index contributed by atoms with van der Waals surface area (Å²) in [4.78, 5) is 22.5. The third-order valence-corrected chi connectivity index (χ3v) is 4.83. The lowest BCUT2D eigenvalue weighted by atomic mass is 9.97. The molecule has 1 saturated heterocycles. The molecule has 0 aliphatic carbocycles. The zero-order valence-electron chi connectivity index (χ0n) is 16.6. The van der Waals surface area contributed by atoms with Gasteiger partial charge in [0.1, 0.15) is 18.0 Å². The third kappa shape index (κ3) is 3.92. The van der Waals surface area contributed by atoms with Crippen LogP contribution in [0.1, 0.15) is 51.1 Å². The second-order valence-corrected chi connectivity index (χ2v) is 8.11. The second-order valence-electron chi connectivity index (χ2n) is 8.11. The van der Waals surface area contributed by atoms with Crippen LogP contribution in [0.15, 0.2) is 29.2 Å². The Morgan fingerprint density at radius 1 is 1.31 bits per heavy atom. The Balaban J connectivity index is 1.44. The molecule has 0 bridgehead atoms. The average molecular weight is 394 g/mol. The molecule has 0 atom stereocenters. The number of nitrogens with zero attached hydrogens (tertiary/aromatic N) is 6. The van der Waals surface area contributed by atoms with E-state index in [0.717, 1.165) is 23.9 Å². The van der Waals surface area contributed by atoms with Crippen LogP contribution in [0, 0.1) is 11.3 Å². The number of ether oxygens (including phenoxy) is 1. The number of imidazole rings is 1. The lowest BCUT2D eigenvalue weighted by Gasteiger charge is -2.32. The Hall–Kier alpha value is -3.41. The van der Waals surface area contributed by atoms with E-state index in [0.29, 0.717) is 30.5 Å². The van der Waals surface area contributed by atoms with Crippen molar-refractivity contribution in [3.63, 3.8) is 0 Å². The summed E-state index contributed by atoms with van der Waals surface area (Å²) in [6, 6.07) is 5.72. The molecule has 3 aromatic rings. The summed E-state index contributed by atoms with van der Waals surface area (Å²) in [6.45, 7) is 6.77. The van der Waals surface area contributed by atoms with Crippen molar-refractivity contribution in [1.82, 2.24) is 24.4 Å². The molecule has 29 heavy (non-hydrogen) atoms. The lowest BCUT2D eigenvalue weighted by Crippen LogP contribution is -2.41. The summed E-state index contributed by atoms with van der Waals surface area (Å²) in [6.07, 6.45) is 4.61. The first-order valence-electron chi connectivity index (χ1n) is 9.53. The molecule has 1 aliphatic heterocycles. The molecular formula is C20H22N6O3. The third-order valence-electron chi connectivity index (χ3n) is 4.83. The normalized spacial score (nSPS) is 15.4. The fourth-order valence-corrected chi connectivity index (χ4v) is 3.37. The second kappa shape index (κ2) is 7.20. The van der Waals surface area contributed by atoms with E-state index in [1.165, 1.54) is 0 Å². The van der Waals surface area contributed by atoms with Crippen LogP contribution in [0.4, 0.5) is 4.79 Å². The van der Waals surface area contributed by atoms with Crippen LogP contribution in [-0.4, -0.2) is 49.2 Å². The first-order chi connectivity index (χ1) is 13.8. The summed E-state index contributed by atoms with van der Waals surface area (Å²) < 4.78 is 12.7. The van der Waals surface area contributed by atoms with Gasteiger partial charge in [-0.1, -0.05) is 5.16 Å². The minimum Gasteiger partial charge on any atom is -0.444 e. The first-order valence-corrected chi connectivity index (χ1v) is 9.53. The molecule has 1 aliphatic rings. The van der Waals surface area contributed by atoms with Gasteiger partial charge in [0, 0.05) is 30.8 Å². The number of piperidine rings is 1. The summed E-state index contributed by atoms with van der Waals surface area (Å²) in [5.74, 6) is 1.17. The Morgan fingerprint density at radius 2 is 2.07 bits per heavy atom. The van der Waals surface area contributed by atoms with Gasteiger partial charge in [-0.05, 0) is 45.7 Å². The van der Waals surface area contributed by atoms with Gasteiger partial charge in [0.25, 0.3) is 0 Å². The molecule has 4 heterocycles. The number of fused-ring (bicyclic) bond motifs is 1. The molecule has 0 unspecified atom stereocenters. The van der Waals surface area contributed by atoms with Crippen molar-refractivity contribution in [3.8, 4) is 17.5 Å². The maximum atomic E-state index is 12.2. The number of aromatic nitrogens is 4. The van der Waals surface area contributed by atoms with Crippen molar-refractivity contribution in [1.29, 1.82) is 5.26 Å². The van der Waals surface area contributed by atoms with Crippen molar-refractivity contribution in [2.75, 3.05) is 13.1 Å². The van der Waals surface area contributed by atoms with Gasteiger partial charge in [0.15, 0.2) is 5.69 Å². The molecule has 9 nitrogen and oxygen atoms in total. The minimum atomic E-state index is -0.500. The first kappa shape index (κ1) is 18.9. The highest BCUT2D eigenvalue weighted by Gasteiger charge is 2.30. The topological polar surface area (TPSA) is 110 Å². The molecule has 1 fully saturated rings. The number of carbonyl (C=O) groups excluding carboxylic acids is 1. The molecule has 3 aromatic heterocycles. The molecule has 0 radical (unpaired) electrons. The fraction of sp³-hybridized carbons (Fsp3) is 0.450. The quantitative estimate of drug-likeness (QED) is 0.655. The zero-order valence-corrected chi connectivity index (χ0v) is 16.6. The van der Waals surface area contributed by atoms with E-state index in [-0.39, 0.29) is 12.0 Å². The van der Waals surface area contributed by atoms with E-state index in [1.807, 2.05) is 39.1 Å². The summed E-state index contributed by atoms with van der Waals surface area (Å²) in [5.41, 5.74) is 1.39. The van der Waals surface area contributed by atoms with Crippen LogP contribution in [0.3, 0.4) is 0 Å². The standard InChI is InChI=1S/C20H22N6O3/c1-20(2,3)28-19(27)25-8-6-13(7-9-25)18-23-17(24-29-18)14-4-5-16-15(10-21)22-12-26(16)11-14/h4-5,11-13H,6-9H2,1-3H3. The molecule has 9 heteroatoms. The smallest absolute Gasteiger partial charge is 0.410 e. The number of hydrogen-bond donors (Lipinski definition) is 0. The van der Waals surface area contributed by atoms with E-state index >= 15 is 0 Å². The van der Waals surface area contributed by atoms with E-state index in [9.17, 15) is 4.79 Å². The van der Waals surface area contributed by atoms with Crippen molar-refractivity contribution in [2.24, 2.45) is 0 Å². The van der Waals surface area contributed by atoms with Gasteiger partial charge < -0.3 is 18.6 Å². The maximum absolute atomic E-state index is 12.2. The number of carbonyl (C=O) groups is 1. The predicted octanol–water partition coefficient (Wildman–Crippen LogP) is 3.37. The summed E-state index contributed by atoms with van der Waals surface area (Å²) in [7, 11) is 0. The predicted molar refractivity (Wildman–Crippen MR) is 103 cm³/mol. The van der Waals surface area contributed by atoms with E-state index in [2.05, 4.69) is 21.2 Å². The van der Waals surface area contributed by atoms with Gasteiger partial charge >= 0.3 is 6.09 Å². The Labute approximate surface area is 167 Å². The van der Waals surface area contributed by atoms with Crippen LogP contribution in [0.2, 0.25) is 0 Å². The number of rotatable bonds is 2. The molecular weight excluding hydrogens is 372 g/mol. The summed E-state index contributed by atoms with van der Waals surface area (Å²) in [5, 5.41) is 13.2. The highest BCUT2D eigenvalue weighted by atomic mass is 16.6. The van der Waals surface area contributed by atoms with Gasteiger partial charge in [0.2, 0.25) is 11.7 Å². The Bertz CT molecular complexity index is 1080. The largest absolute Gasteiger partial charge is 0.444 e. The summed E-state index contributed by atoms with van der Waals surface area (Å²) >= 11 is 0. The number of likely N-dealkylation sites (tertiary alicyclic amines) is 1. The molecule has 0 aromatic carbocycles. The van der Waals surface area contributed by atoms with Crippen LogP contribution in [0.5, 0.6) is 0 Å². The van der Waals surface area contributed by atoms with Gasteiger partial charge in [-0.3, -0.25) is 0 Å².